The van der Waals surface area contributed by atoms with Crippen LogP contribution in [0.25, 0.3) is 0 Å². The summed E-state index contributed by atoms with van der Waals surface area (Å²) in [4.78, 5) is 11.6. The lowest BCUT2D eigenvalue weighted by atomic mass is 9.80. The molecule has 0 aliphatic heterocycles. The second kappa shape index (κ2) is 5.15. The van der Waals surface area contributed by atoms with Gasteiger partial charge in [-0.3, -0.25) is 4.79 Å². The summed E-state index contributed by atoms with van der Waals surface area (Å²) in [5.74, 6) is 0.438. The summed E-state index contributed by atoms with van der Waals surface area (Å²) in [5.41, 5.74) is 4.35. The fourth-order valence-corrected chi connectivity index (χ4v) is 3.42. The van der Waals surface area contributed by atoms with Gasteiger partial charge >= 0.3 is 5.97 Å². The van der Waals surface area contributed by atoms with E-state index in [0.29, 0.717) is 12.3 Å². The summed E-state index contributed by atoms with van der Waals surface area (Å²) in [7, 11) is 0. The quantitative estimate of drug-likeness (QED) is 0.544. The molecule has 2 atom stereocenters. The lowest BCUT2D eigenvalue weighted by Gasteiger charge is -2.32. The van der Waals surface area contributed by atoms with Gasteiger partial charge in [0.25, 0.3) is 0 Å². The van der Waals surface area contributed by atoms with E-state index < -0.39 is 0 Å². The first kappa shape index (κ1) is 14.4. The van der Waals surface area contributed by atoms with Crippen molar-refractivity contribution in [2.45, 2.75) is 65.9 Å². The lowest BCUT2D eigenvalue weighted by Crippen LogP contribution is -2.33. The van der Waals surface area contributed by atoms with Crippen molar-refractivity contribution < 1.29 is 9.53 Å². The second-order valence-electron chi connectivity index (χ2n) is 6.76. The molecular formula is C17H26O2. The Hall–Kier alpha value is -1.05. The zero-order chi connectivity index (χ0) is 14.2. The third-order valence-corrected chi connectivity index (χ3v) is 4.80. The van der Waals surface area contributed by atoms with E-state index in [0.717, 1.165) is 12.8 Å². The predicted molar refractivity (Wildman–Crippen MR) is 77.8 cm³/mol. The van der Waals surface area contributed by atoms with Crippen molar-refractivity contribution in [1.29, 1.82) is 0 Å². The summed E-state index contributed by atoms with van der Waals surface area (Å²) < 4.78 is 5.68. The Morgan fingerprint density at radius 1 is 1.47 bits per heavy atom. The molecule has 0 radical (unpaired) electrons. The largest absolute Gasteiger partial charge is 0.461 e. The van der Waals surface area contributed by atoms with Gasteiger partial charge < -0.3 is 4.74 Å². The highest BCUT2D eigenvalue weighted by Crippen LogP contribution is 2.49. The highest BCUT2D eigenvalue weighted by Gasteiger charge is 2.41. The van der Waals surface area contributed by atoms with Crippen molar-refractivity contribution in [3.05, 3.63) is 23.3 Å². The van der Waals surface area contributed by atoms with E-state index in [-0.39, 0.29) is 17.5 Å². The molecule has 0 aromatic heterocycles. The van der Waals surface area contributed by atoms with Crippen LogP contribution in [0.1, 0.15) is 59.8 Å². The molecule has 106 valence electrons. The first-order chi connectivity index (χ1) is 8.85. The summed E-state index contributed by atoms with van der Waals surface area (Å²) >= 11 is 0. The van der Waals surface area contributed by atoms with Gasteiger partial charge in [-0.25, -0.2) is 0 Å². The van der Waals surface area contributed by atoms with Crippen molar-refractivity contribution >= 4 is 5.97 Å². The standard InChI is InChI=1S/C17H26O2/c1-6-16(18)19-15-9-12(3)13-8-7-11(2)14(13)10-17(15,4)5/h13,15H,3,6-10H2,1-2,4-5H3/t13-,15-/m1/s1. The predicted octanol–water partition coefficient (Wildman–Crippen LogP) is 4.41. The SMILES string of the molecule is C=C1C[C@@H](OC(=O)CC)C(C)(C)CC2=C(C)CC[C@H]12. The second-order valence-corrected chi connectivity index (χ2v) is 6.76. The van der Waals surface area contributed by atoms with Crippen molar-refractivity contribution in [1.82, 2.24) is 0 Å². The van der Waals surface area contributed by atoms with Crippen LogP contribution < -0.4 is 0 Å². The van der Waals surface area contributed by atoms with Crippen LogP contribution in [0.4, 0.5) is 0 Å². The first-order valence-electron chi connectivity index (χ1n) is 7.40. The third kappa shape index (κ3) is 2.77. The van der Waals surface area contributed by atoms with Crippen LogP contribution in [-0.4, -0.2) is 12.1 Å². The van der Waals surface area contributed by atoms with Crippen LogP contribution in [0.3, 0.4) is 0 Å². The molecule has 0 amide bonds. The van der Waals surface area contributed by atoms with Gasteiger partial charge in [0, 0.05) is 24.2 Å². The normalized spacial score (nSPS) is 30.0. The van der Waals surface area contributed by atoms with E-state index in [1.165, 1.54) is 24.0 Å². The summed E-state index contributed by atoms with van der Waals surface area (Å²) in [6.45, 7) is 12.8. The number of fused-ring (bicyclic) bond motifs is 1. The highest BCUT2D eigenvalue weighted by atomic mass is 16.5. The van der Waals surface area contributed by atoms with E-state index in [4.69, 9.17) is 4.74 Å². The Morgan fingerprint density at radius 2 is 2.16 bits per heavy atom. The van der Waals surface area contributed by atoms with Crippen LogP contribution in [0.15, 0.2) is 23.3 Å². The molecule has 1 fully saturated rings. The zero-order valence-electron chi connectivity index (χ0n) is 12.7. The van der Waals surface area contributed by atoms with Gasteiger partial charge in [-0.1, -0.05) is 44.1 Å². The molecule has 0 N–H and O–H groups in total. The van der Waals surface area contributed by atoms with Gasteiger partial charge in [0.15, 0.2) is 0 Å². The average molecular weight is 262 g/mol. The smallest absolute Gasteiger partial charge is 0.305 e. The maximum atomic E-state index is 11.6. The number of hydrogen-bond donors (Lipinski definition) is 0. The Kier molecular flexibility index (Phi) is 3.89. The summed E-state index contributed by atoms with van der Waals surface area (Å²) in [6.07, 6.45) is 4.67. The van der Waals surface area contributed by atoms with Crippen LogP contribution in [0, 0.1) is 11.3 Å². The number of carbonyl (C=O) groups is 1. The van der Waals surface area contributed by atoms with E-state index in [1.54, 1.807) is 5.57 Å². The number of ether oxygens (including phenoxy) is 1. The number of carbonyl (C=O) groups excluding carboxylic acids is 1. The molecule has 2 rings (SSSR count). The number of hydrogen-bond acceptors (Lipinski definition) is 2. The molecular weight excluding hydrogens is 236 g/mol. The Balaban J connectivity index is 2.26. The molecule has 19 heavy (non-hydrogen) atoms. The maximum absolute atomic E-state index is 11.6. The summed E-state index contributed by atoms with van der Waals surface area (Å²) in [5, 5.41) is 0. The van der Waals surface area contributed by atoms with E-state index >= 15 is 0 Å². The number of rotatable bonds is 2. The minimum atomic E-state index is -0.0939. The van der Waals surface area contributed by atoms with Gasteiger partial charge in [0.05, 0.1) is 0 Å². The van der Waals surface area contributed by atoms with Gasteiger partial charge in [-0.2, -0.15) is 0 Å². The molecule has 1 saturated carbocycles. The molecule has 2 nitrogen and oxygen atoms in total. The molecule has 0 unspecified atom stereocenters. The number of esters is 1. The van der Waals surface area contributed by atoms with Gasteiger partial charge in [-0.15, -0.1) is 0 Å². The summed E-state index contributed by atoms with van der Waals surface area (Å²) in [6, 6.07) is 0. The van der Waals surface area contributed by atoms with Gasteiger partial charge in [0.1, 0.15) is 6.10 Å². The molecule has 0 heterocycles. The molecule has 2 aliphatic carbocycles. The van der Waals surface area contributed by atoms with Gasteiger partial charge in [0.2, 0.25) is 0 Å². The molecule has 2 heteroatoms. The Bertz CT molecular complexity index is 429. The van der Waals surface area contributed by atoms with Crippen LogP contribution in [0.5, 0.6) is 0 Å². The molecule has 0 aromatic carbocycles. The van der Waals surface area contributed by atoms with Crippen LogP contribution in [0.2, 0.25) is 0 Å². The van der Waals surface area contributed by atoms with Crippen molar-refractivity contribution in [3.8, 4) is 0 Å². The average Bonchev–Trinajstić information content (AvgIpc) is 2.65. The van der Waals surface area contributed by atoms with E-state index in [9.17, 15) is 4.79 Å². The fraction of sp³-hybridized carbons (Fsp3) is 0.706. The third-order valence-electron chi connectivity index (χ3n) is 4.80. The monoisotopic (exact) mass is 262 g/mol. The number of allylic oxidation sites excluding steroid dienone is 2. The maximum Gasteiger partial charge on any atom is 0.305 e. The minimum Gasteiger partial charge on any atom is -0.461 e. The van der Waals surface area contributed by atoms with E-state index in [2.05, 4.69) is 27.4 Å². The highest BCUT2D eigenvalue weighted by molar-refractivity contribution is 5.69. The van der Waals surface area contributed by atoms with Crippen molar-refractivity contribution in [2.24, 2.45) is 11.3 Å². The van der Waals surface area contributed by atoms with Crippen molar-refractivity contribution in [3.63, 3.8) is 0 Å². The molecule has 0 bridgehead atoms. The van der Waals surface area contributed by atoms with Crippen LogP contribution >= 0.6 is 0 Å². The Labute approximate surface area is 116 Å². The topological polar surface area (TPSA) is 26.3 Å². The Morgan fingerprint density at radius 3 is 2.79 bits per heavy atom. The van der Waals surface area contributed by atoms with Crippen molar-refractivity contribution in [2.75, 3.05) is 0 Å². The first-order valence-corrected chi connectivity index (χ1v) is 7.40. The molecule has 2 aliphatic rings. The van der Waals surface area contributed by atoms with E-state index in [1.807, 2.05) is 6.92 Å². The fourth-order valence-electron chi connectivity index (χ4n) is 3.42. The molecule has 0 aromatic rings. The lowest BCUT2D eigenvalue weighted by molar-refractivity contribution is -0.154. The zero-order valence-corrected chi connectivity index (χ0v) is 12.7. The van der Waals surface area contributed by atoms with Crippen LogP contribution in [-0.2, 0) is 9.53 Å². The minimum absolute atomic E-state index is 0.00343. The molecule has 0 saturated heterocycles. The van der Waals surface area contributed by atoms with Gasteiger partial charge in [-0.05, 0) is 26.2 Å². The molecule has 0 spiro atoms.